The van der Waals surface area contributed by atoms with E-state index < -0.39 is 0 Å². The Hall–Kier alpha value is -2.04. The van der Waals surface area contributed by atoms with Crippen LogP contribution in [0.4, 0.5) is 0 Å². The van der Waals surface area contributed by atoms with E-state index in [2.05, 4.69) is 60.5 Å². The lowest BCUT2D eigenvalue weighted by molar-refractivity contribution is 0.192. The molecule has 2 heterocycles. The van der Waals surface area contributed by atoms with Crippen molar-refractivity contribution in [3.8, 4) is 11.5 Å². The molecular weight excluding hydrogens is 348 g/mol. The zero-order valence-electron chi connectivity index (χ0n) is 17.3. The summed E-state index contributed by atoms with van der Waals surface area (Å²) in [4.78, 5) is 2.56. The second-order valence-corrected chi connectivity index (χ2v) is 8.26. The third-order valence-electron chi connectivity index (χ3n) is 5.91. The Morgan fingerprint density at radius 2 is 2.11 bits per heavy atom. The van der Waals surface area contributed by atoms with Crippen molar-refractivity contribution in [2.45, 2.75) is 45.2 Å². The van der Waals surface area contributed by atoms with Gasteiger partial charge in [-0.25, -0.2) is 0 Å². The van der Waals surface area contributed by atoms with Gasteiger partial charge in [-0.1, -0.05) is 44.2 Å². The maximum Gasteiger partial charge on any atom is 0.164 e. The van der Waals surface area contributed by atoms with Crippen molar-refractivity contribution in [3.63, 3.8) is 0 Å². The fraction of sp³-hybridized carbons (Fsp3) is 0.500. The lowest BCUT2D eigenvalue weighted by Gasteiger charge is -2.35. The number of hydrogen-bond acceptors (Lipinski definition) is 4. The Morgan fingerprint density at radius 1 is 1.25 bits per heavy atom. The van der Waals surface area contributed by atoms with Gasteiger partial charge in [0, 0.05) is 32.2 Å². The van der Waals surface area contributed by atoms with Crippen LogP contribution in [0.1, 0.15) is 54.5 Å². The molecule has 0 saturated carbocycles. The number of ether oxygens (including phenoxy) is 2. The number of rotatable bonds is 5. The van der Waals surface area contributed by atoms with Crippen LogP contribution >= 0.6 is 0 Å². The van der Waals surface area contributed by atoms with E-state index in [-0.39, 0.29) is 0 Å². The average Bonchev–Trinajstić information content (AvgIpc) is 2.73. The first-order valence-electron chi connectivity index (χ1n) is 10.5. The topological polar surface area (TPSA) is 33.7 Å². The van der Waals surface area contributed by atoms with E-state index in [1.807, 2.05) is 0 Å². The van der Waals surface area contributed by atoms with Gasteiger partial charge in [0.25, 0.3) is 0 Å². The molecule has 28 heavy (non-hydrogen) atoms. The van der Waals surface area contributed by atoms with E-state index >= 15 is 0 Å². The fourth-order valence-corrected chi connectivity index (χ4v) is 4.53. The number of nitrogens with zero attached hydrogens (tertiary/aromatic N) is 1. The number of aryl methyl sites for hydroxylation is 1. The molecule has 150 valence electrons. The standard InChI is InChI=1S/C24H32N2O2/c1-17(2)20-8-4-5-9-21(20)22-16-26(11-10-25-22)15-18-13-19-7-6-12-28-24(19)23(14-18)27-3/h4-5,8-9,13-14,17,22,25H,6-7,10-12,15-16H2,1-3H3. The molecule has 0 aromatic heterocycles. The quantitative estimate of drug-likeness (QED) is 0.839. The highest BCUT2D eigenvalue weighted by molar-refractivity contribution is 5.50. The Kier molecular flexibility index (Phi) is 5.88. The van der Waals surface area contributed by atoms with Gasteiger partial charge < -0.3 is 14.8 Å². The second-order valence-electron chi connectivity index (χ2n) is 8.26. The van der Waals surface area contributed by atoms with Gasteiger partial charge in [0.05, 0.1) is 13.7 Å². The number of hydrogen-bond donors (Lipinski definition) is 1. The van der Waals surface area contributed by atoms with Crippen molar-refractivity contribution >= 4 is 0 Å². The van der Waals surface area contributed by atoms with Crippen molar-refractivity contribution in [2.24, 2.45) is 0 Å². The summed E-state index contributed by atoms with van der Waals surface area (Å²) in [6.07, 6.45) is 2.16. The van der Waals surface area contributed by atoms with Crippen molar-refractivity contribution in [3.05, 3.63) is 58.7 Å². The van der Waals surface area contributed by atoms with Gasteiger partial charge in [-0.05, 0) is 47.1 Å². The van der Waals surface area contributed by atoms with Gasteiger partial charge in [0.2, 0.25) is 0 Å². The molecule has 4 rings (SSSR count). The van der Waals surface area contributed by atoms with E-state index in [0.717, 1.165) is 57.1 Å². The summed E-state index contributed by atoms with van der Waals surface area (Å²) in [6.45, 7) is 9.41. The predicted molar refractivity (Wildman–Crippen MR) is 113 cm³/mol. The molecule has 0 radical (unpaired) electrons. The molecular formula is C24H32N2O2. The minimum absolute atomic E-state index is 0.384. The van der Waals surface area contributed by atoms with Crippen LogP contribution in [0, 0.1) is 0 Å². The molecule has 1 atom stereocenters. The number of methoxy groups -OCH3 is 1. The number of fused-ring (bicyclic) bond motifs is 1. The molecule has 0 bridgehead atoms. The monoisotopic (exact) mass is 380 g/mol. The van der Waals surface area contributed by atoms with Crippen LogP contribution in [0.15, 0.2) is 36.4 Å². The molecule has 1 fully saturated rings. The highest BCUT2D eigenvalue weighted by Gasteiger charge is 2.24. The molecule has 1 N–H and O–H groups in total. The average molecular weight is 381 g/mol. The molecule has 0 spiro atoms. The Bertz CT molecular complexity index is 801. The van der Waals surface area contributed by atoms with E-state index in [0.29, 0.717) is 12.0 Å². The normalized spacial score (nSPS) is 19.9. The molecule has 0 amide bonds. The summed E-state index contributed by atoms with van der Waals surface area (Å²) in [5.41, 5.74) is 5.50. The van der Waals surface area contributed by atoms with Gasteiger partial charge in [-0.2, -0.15) is 0 Å². The van der Waals surface area contributed by atoms with E-state index in [1.54, 1.807) is 7.11 Å². The zero-order chi connectivity index (χ0) is 19.5. The van der Waals surface area contributed by atoms with Gasteiger partial charge in [-0.15, -0.1) is 0 Å². The number of nitrogens with one attached hydrogen (secondary N) is 1. The van der Waals surface area contributed by atoms with E-state index in [9.17, 15) is 0 Å². The summed E-state index contributed by atoms with van der Waals surface area (Å²) in [7, 11) is 1.74. The fourth-order valence-electron chi connectivity index (χ4n) is 4.53. The molecule has 2 aliphatic heterocycles. The summed E-state index contributed by atoms with van der Waals surface area (Å²) in [5.74, 6) is 2.36. The van der Waals surface area contributed by atoms with Crippen LogP contribution in [0.2, 0.25) is 0 Å². The summed E-state index contributed by atoms with van der Waals surface area (Å²) in [5, 5.41) is 3.73. The van der Waals surface area contributed by atoms with Gasteiger partial charge in [0.1, 0.15) is 0 Å². The van der Waals surface area contributed by atoms with Gasteiger partial charge in [0.15, 0.2) is 11.5 Å². The van der Waals surface area contributed by atoms with E-state index in [1.165, 1.54) is 22.3 Å². The zero-order valence-corrected chi connectivity index (χ0v) is 17.3. The maximum atomic E-state index is 5.85. The van der Waals surface area contributed by atoms with Crippen LogP contribution < -0.4 is 14.8 Å². The third kappa shape index (κ3) is 4.03. The molecule has 4 nitrogen and oxygen atoms in total. The van der Waals surface area contributed by atoms with Crippen LogP contribution in [-0.2, 0) is 13.0 Å². The predicted octanol–water partition coefficient (Wildman–Crippen LogP) is 4.29. The molecule has 1 unspecified atom stereocenters. The minimum atomic E-state index is 0.384. The first-order chi connectivity index (χ1) is 13.7. The van der Waals surface area contributed by atoms with Gasteiger partial charge >= 0.3 is 0 Å². The molecule has 0 aliphatic carbocycles. The Morgan fingerprint density at radius 3 is 2.93 bits per heavy atom. The highest BCUT2D eigenvalue weighted by Crippen LogP contribution is 2.36. The number of piperazine rings is 1. The molecule has 4 heteroatoms. The van der Waals surface area contributed by atoms with Gasteiger partial charge in [-0.3, -0.25) is 4.90 Å². The number of benzene rings is 2. The van der Waals surface area contributed by atoms with Crippen LogP contribution in [-0.4, -0.2) is 38.3 Å². The summed E-state index contributed by atoms with van der Waals surface area (Å²) < 4.78 is 11.5. The van der Waals surface area contributed by atoms with Crippen LogP contribution in [0.3, 0.4) is 0 Å². The highest BCUT2D eigenvalue weighted by atomic mass is 16.5. The lowest BCUT2D eigenvalue weighted by atomic mass is 9.91. The SMILES string of the molecule is COc1cc(CN2CCNC(c3ccccc3C(C)C)C2)cc2c1OCCC2. The minimum Gasteiger partial charge on any atom is -0.493 e. The lowest BCUT2D eigenvalue weighted by Crippen LogP contribution is -2.45. The molecule has 1 saturated heterocycles. The van der Waals surface area contributed by atoms with Crippen LogP contribution in [0.5, 0.6) is 11.5 Å². The molecule has 2 aromatic rings. The summed E-state index contributed by atoms with van der Waals surface area (Å²) >= 11 is 0. The third-order valence-corrected chi connectivity index (χ3v) is 5.91. The first-order valence-corrected chi connectivity index (χ1v) is 10.5. The van der Waals surface area contributed by atoms with Crippen molar-refractivity contribution in [1.29, 1.82) is 0 Å². The smallest absolute Gasteiger partial charge is 0.164 e. The first kappa shape index (κ1) is 19.3. The summed E-state index contributed by atoms with van der Waals surface area (Å²) in [6, 6.07) is 13.7. The molecule has 2 aromatic carbocycles. The van der Waals surface area contributed by atoms with Crippen LogP contribution in [0.25, 0.3) is 0 Å². The van der Waals surface area contributed by atoms with Crippen molar-refractivity contribution in [2.75, 3.05) is 33.4 Å². The molecule has 2 aliphatic rings. The Labute approximate surface area is 168 Å². The van der Waals surface area contributed by atoms with E-state index in [4.69, 9.17) is 9.47 Å². The largest absolute Gasteiger partial charge is 0.493 e. The Balaban J connectivity index is 1.52. The van der Waals surface area contributed by atoms with Crippen molar-refractivity contribution in [1.82, 2.24) is 10.2 Å². The van der Waals surface area contributed by atoms with Crippen molar-refractivity contribution < 1.29 is 9.47 Å². The second kappa shape index (κ2) is 8.54. The maximum absolute atomic E-state index is 5.85.